The lowest BCUT2D eigenvalue weighted by atomic mass is 10.8. The van der Waals surface area contributed by atoms with Gasteiger partial charge in [-0.25, -0.2) is 0 Å². The summed E-state index contributed by atoms with van der Waals surface area (Å²) in [5, 5.41) is 0. The molecule has 80 valence electrons. The molecule has 6 nitrogen and oxygen atoms in total. The fourth-order valence-corrected chi connectivity index (χ4v) is 0.447. The van der Waals surface area contributed by atoms with Crippen molar-refractivity contribution < 1.29 is 25.6 Å². The molecule has 0 aliphatic rings. The average molecular weight is 232 g/mol. The molecular weight excluding hydrogens is 220 g/mol. The molecule has 0 amide bonds. The molecule has 0 saturated heterocycles. The summed E-state index contributed by atoms with van der Waals surface area (Å²) < 4.78 is 50.8. The largest absolute Gasteiger partial charge is 0.285 e. The Labute approximate surface area is 78.1 Å². The predicted octanol–water partition coefficient (Wildman–Crippen LogP) is -0.347. The maximum absolute atomic E-state index is 9.78. The van der Waals surface area contributed by atoms with Crippen molar-refractivity contribution in [2.75, 3.05) is 19.1 Å². The van der Waals surface area contributed by atoms with Crippen LogP contribution in [-0.4, -0.2) is 40.5 Å². The van der Waals surface area contributed by atoms with Gasteiger partial charge in [-0.05, 0) is 0 Å². The lowest BCUT2D eigenvalue weighted by molar-refractivity contribution is 0.403. The molecule has 0 radical (unpaired) electrons. The molecule has 0 aromatic carbocycles. The van der Waals surface area contributed by atoms with Gasteiger partial charge < -0.3 is 0 Å². The minimum Gasteiger partial charge on any atom is -0.285 e. The summed E-state index contributed by atoms with van der Waals surface area (Å²) >= 11 is 0. The van der Waals surface area contributed by atoms with Crippen molar-refractivity contribution in [3.63, 3.8) is 0 Å². The van der Waals surface area contributed by atoms with E-state index in [4.69, 9.17) is 4.55 Å². The van der Waals surface area contributed by atoms with E-state index in [0.29, 0.717) is 0 Å². The minimum atomic E-state index is -3.79. The van der Waals surface area contributed by atoms with Gasteiger partial charge in [0, 0.05) is 0 Å². The summed E-state index contributed by atoms with van der Waals surface area (Å²) in [5.74, 6) is -0.368. The molecule has 8 heteroatoms. The number of hydrogen-bond acceptors (Lipinski definition) is 5. The minimum absolute atomic E-state index is 0.368. The predicted molar refractivity (Wildman–Crippen MR) is 48.5 cm³/mol. The Morgan fingerprint density at radius 1 is 1.38 bits per heavy atom. The summed E-state index contributed by atoms with van der Waals surface area (Å²) in [6.45, 7) is 3.11. The Hall–Kier alpha value is -0.440. The smallest absolute Gasteiger partial charge is 0.268 e. The van der Waals surface area contributed by atoms with E-state index < -0.39 is 20.2 Å². The molecule has 0 saturated carbocycles. The van der Waals surface area contributed by atoms with E-state index in [1.165, 1.54) is 0 Å². The number of rotatable bonds is 3. The molecule has 0 aromatic rings. The van der Waals surface area contributed by atoms with E-state index in [-0.39, 0.29) is 5.75 Å². The molecule has 0 spiro atoms. The van der Waals surface area contributed by atoms with Gasteiger partial charge in [0.2, 0.25) is 0 Å². The zero-order valence-electron chi connectivity index (χ0n) is 7.30. The fourth-order valence-electron chi connectivity index (χ4n) is 0.149. The first-order chi connectivity index (χ1) is 5.62. The molecule has 0 rings (SSSR count). The second-order valence-corrected chi connectivity index (χ2v) is 5.15. The van der Waals surface area contributed by atoms with Crippen molar-refractivity contribution in [1.82, 2.24) is 0 Å². The van der Waals surface area contributed by atoms with Crippen molar-refractivity contribution >= 4 is 20.2 Å². The second-order valence-electron chi connectivity index (χ2n) is 1.91. The van der Waals surface area contributed by atoms with Crippen LogP contribution in [0.3, 0.4) is 0 Å². The Kier molecular flexibility index (Phi) is 7.04. The number of hydrogen-bond donors (Lipinski definition) is 1. The topological polar surface area (TPSA) is 97.7 Å². The third-order valence-electron chi connectivity index (χ3n) is 0.631. The highest BCUT2D eigenvalue weighted by Gasteiger charge is 1.95. The normalized spacial score (nSPS) is 11.3. The molecule has 0 aliphatic carbocycles. The van der Waals surface area contributed by atoms with Crippen molar-refractivity contribution in [2.24, 2.45) is 0 Å². The fraction of sp³-hybridized carbons (Fsp3) is 0.600. The highest BCUT2D eigenvalue weighted by atomic mass is 32.2. The maximum atomic E-state index is 9.78. The first-order valence-corrected chi connectivity index (χ1v) is 6.36. The van der Waals surface area contributed by atoms with Gasteiger partial charge in [-0.2, -0.15) is 16.8 Å². The monoisotopic (exact) mass is 232 g/mol. The summed E-state index contributed by atoms with van der Waals surface area (Å²) in [4.78, 5) is 0. The average Bonchev–Trinajstić information content (AvgIpc) is 1.84. The third-order valence-corrected chi connectivity index (χ3v) is 1.89. The van der Waals surface area contributed by atoms with Gasteiger partial charge in [0.05, 0.1) is 19.1 Å². The van der Waals surface area contributed by atoms with Gasteiger partial charge in [0.1, 0.15) is 0 Å². The molecule has 0 heterocycles. The van der Waals surface area contributed by atoms with Gasteiger partial charge in [0.25, 0.3) is 20.2 Å². The highest BCUT2D eigenvalue weighted by molar-refractivity contribution is 7.86. The van der Waals surface area contributed by atoms with Crippen LogP contribution in [0.2, 0.25) is 0 Å². The van der Waals surface area contributed by atoms with Gasteiger partial charge >= 0.3 is 0 Å². The Bertz CT molecular complexity index is 324. The molecule has 0 fully saturated rings. The molecular formula is C5H12O6S2. The van der Waals surface area contributed by atoms with Crippen molar-refractivity contribution in [2.45, 2.75) is 0 Å². The van der Waals surface area contributed by atoms with Gasteiger partial charge in [-0.3, -0.25) is 8.74 Å². The Morgan fingerprint density at radius 2 is 1.69 bits per heavy atom. The van der Waals surface area contributed by atoms with E-state index in [1.54, 1.807) is 0 Å². The molecule has 0 atom stereocenters. The molecule has 1 N–H and O–H groups in total. The van der Waals surface area contributed by atoms with Gasteiger partial charge in [-0.1, -0.05) is 6.08 Å². The van der Waals surface area contributed by atoms with E-state index in [1.807, 2.05) is 0 Å². The van der Waals surface area contributed by atoms with Crippen LogP contribution in [-0.2, 0) is 24.4 Å². The summed E-state index contributed by atoms with van der Waals surface area (Å²) in [6, 6.07) is 0. The first kappa shape index (κ1) is 15.1. The third kappa shape index (κ3) is 24.6. The van der Waals surface area contributed by atoms with E-state index in [0.717, 1.165) is 19.4 Å². The standard InChI is InChI=1S/C3H6O3S.C2H6O3S/c1-2-3-7(4,5)6;1-5-6(2,3)4/h2H,1,3H2,(H,4,5,6);1-2H3. The molecule has 0 aromatic heterocycles. The molecule has 0 aliphatic heterocycles. The highest BCUT2D eigenvalue weighted by Crippen LogP contribution is 1.78. The summed E-state index contributed by atoms with van der Waals surface area (Å²) in [5.41, 5.74) is 0. The zero-order chi connectivity index (χ0) is 11.1. The molecule has 0 bridgehead atoms. The second kappa shape index (κ2) is 6.08. The van der Waals surface area contributed by atoms with Crippen molar-refractivity contribution in [3.05, 3.63) is 12.7 Å². The van der Waals surface area contributed by atoms with Crippen LogP contribution in [0.5, 0.6) is 0 Å². The van der Waals surface area contributed by atoms with Crippen LogP contribution in [0, 0.1) is 0 Å². The van der Waals surface area contributed by atoms with Crippen LogP contribution in [0.1, 0.15) is 0 Å². The van der Waals surface area contributed by atoms with E-state index >= 15 is 0 Å². The summed E-state index contributed by atoms with van der Waals surface area (Å²) in [7, 11) is -5.83. The van der Waals surface area contributed by atoms with E-state index in [9.17, 15) is 16.8 Å². The van der Waals surface area contributed by atoms with Gasteiger partial charge in [-0.15, -0.1) is 6.58 Å². The van der Waals surface area contributed by atoms with Crippen molar-refractivity contribution in [3.8, 4) is 0 Å². The lowest BCUT2D eigenvalue weighted by Gasteiger charge is -1.84. The maximum Gasteiger partial charge on any atom is 0.268 e. The van der Waals surface area contributed by atoms with Crippen LogP contribution in [0.25, 0.3) is 0 Å². The van der Waals surface area contributed by atoms with E-state index in [2.05, 4.69) is 10.8 Å². The Morgan fingerprint density at radius 3 is 1.69 bits per heavy atom. The van der Waals surface area contributed by atoms with Crippen molar-refractivity contribution in [1.29, 1.82) is 0 Å². The van der Waals surface area contributed by atoms with Crippen LogP contribution < -0.4 is 0 Å². The van der Waals surface area contributed by atoms with Crippen LogP contribution in [0.15, 0.2) is 12.7 Å². The van der Waals surface area contributed by atoms with Crippen LogP contribution >= 0.6 is 0 Å². The SMILES string of the molecule is C=CCS(=O)(=O)O.COS(C)(=O)=O. The summed E-state index contributed by atoms with van der Waals surface area (Å²) in [6.07, 6.45) is 2.11. The zero-order valence-corrected chi connectivity index (χ0v) is 8.93. The molecule has 13 heavy (non-hydrogen) atoms. The first-order valence-electron chi connectivity index (χ1n) is 2.94. The lowest BCUT2D eigenvalue weighted by Crippen LogP contribution is -1.99. The van der Waals surface area contributed by atoms with Gasteiger partial charge in [0.15, 0.2) is 0 Å². The van der Waals surface area contributed by atoms with Crippen LogP contribution in [0.4, 0.5) is 0 Å². The molecule has 0 unspecified atom stereocenters. The quantitative estimate of drug-likeness (QED) is 0.406. The Balaban J connectivity index is 0.